The largest absolute Gasteiger partial charge is 0.136 e. The van der Waals surface area contributed by atoms with Crippen LogP contribution in [0.4, 0.5) is 0 Å². The zero-order valence-electron chi connectivity index (χ0n) is 5.50. The summed E-state index contributed by atoms with van der Waals surface area (Å²) in [6, 6.07) is 0. The van der Waals surface area contributed by atoms with E-state index >= 15 is 0 Å². The summed E-state index contributed by atoms with van der Waals surface area (Å²) in [5.74, 6) is 0. The molecule has 0 aliphatic rings. The third-order valence-corrected chi connectivity index (χ3v) is 2.64. The Kier molecular flexibility index (Phi) is 2.35. The standard InChI is InChI=1S/C8H8S2/c1-3-6-5-10-8(9)7(6)4-2/h3-5,9H,1-2H2. The van der Waals surface area contributed by atoms with E-state index in [1.54, 1.807) is 17.4 Å². The third kappa shape index (κ3) is 1.18. The van der Waals surface area contributed by atoms with E-state index in [9.17, 15) is 0 Å². The normalized spacial score (nSPS) is 9.30. The molecule has 0 nitrogen and oxygen atoms in total. The van der Waals surface area contributed by atoms with Gasteiger partial charge in [0.2, 0.25) is 0 Å². The quantitative estimate of drug-likeness (QED) is 0.643. The van der Waals surface area contributed by atoms with Crippen LogP contribution in [-0.2, 0) is 0 Å². The van der Waals surface area contributed by atoms with Crippen LogP contribution in [0.3, 0.4) is 0 Å². The minimum atomic E-state index is 1.00. The van der Waals surface area contributed by atoms with E-state index in [1.807, 2.05) is 11.5 Å². The fourth-order valence-electron chi connectivity index (χ4n) is 0.733. The second-order valence-corrected chi connectivity index (χ2v) is 3.45. The Morgan fingerprint density at radius 1 is 1.40 bits per heavy atom. The van der Waals surface area contributed by atoms with Crippen LogP contribution in [0, 0.1) is 0 Å². The predicted molar refractivity (Wildman–Crippen MR) is 51.8 cm³/mol. The monoisotopic (exact) mass is 168 g/mol. The molecule has 2 heteroatoms. The molecule has 1 aromatic rings. The van der Waals surface area contributed by atoms with E-state index in [4.69, 9.17) is 0 Å². The predicted octanol–water partition coefficient (Wildman–Crippen LogP) is 3.32. The Morgan fingerprint density at radius 3 is 2.50 bits per heavy atom. The highest BCUT2D eigenvalue weighted by Gasteiger charge is 2.00. The Labute approximate surface area is 70.3 Å². The lowest BCUT2D eigenvalue weighted by Crippen LogP contribution is -1.69. The molecule has 0 unspecified atom stereocenters. The van der Waals surface area contributed by atoms with Gasteiger partial charge in [0.15, 0.2) is 0 Å². The van der Waals surface area contributed by atoms with Crippen molar-refractivity contribution in [1.29, 1.82) is 0 Å². The van der Waals surface area contributed by atoms with Crippen LogP contribution in [0.1, 0.15) is 11.1 Å². The van der Waals surface area contributed by atoms with E-state index in [0.717, 1.165) is 15.3 Å². The van der Waals surface area contributed by atoms with Crippen LogP contribution in [0.2, 0.25) is 0 Å². The molecule has 0 radical (unpaired) electrons. The molecule has 0 amide bonds. The van der Waals surface area contributed by atoms with Crippen LogP contribution in [0.25, 0.3) is 12.2 Å². The Hall–Kier alpha value is -0.470. The maximum Gasteiger partial charge on any atom is 0.0646 e. The number of rotatable bonds is 2. The highest BCUT2D eigenvalue weighted by Crippen LogP contribution is 2.27. The van der Waals surface area contributed by atoms with E-state index in [-0.39, 0.29) is 0 Å². The lowest BCUT2D eigenvalue weighted by atomic mass is 10.2. The Balaban J connectivity index is 3.25. The molecule has 52 valence electrons. The zero-order valence-corrected chi connectivity index (χ0v) is 7.21. The SMILES string of the molecule is C=Cc1csc(S)c1C=C. The minimum absolute atomic E-state index is 1.00. The minimum Gasteiger partial charge on any atom is -0.136 e. The van der Waals surface area contributed by atoms with Crippen LogP contribution >= 0.6 is 24.0 Å². The van der Waals surface area contributed by atoms with Gasteiger partial charge in [-0.05, 0) is 10.9 Å². The summed E-state index contributed by atoms with van der Waals surface area (Å²) in [5, 5.41) is 2.02. The highest BCUT2D eigenvalue weighted by atomic mass is 32.2. The summed E-state index contributed by atoms with van der Waals surface area (Å²) in [5.41, 5.74) is 2.20. The van der Waals surface area contributed by atoms with Gasteiger partial charge in [0, 0.05) is 5.56 Å². The third-order valence-electron chi connectivity index (χ3n) is 1.26. The van der Waals surface area contributed by atoms with Crippen molar-refractivity contribution in [2.24, 2.45) is 0 Å². The fraction of sp³-hybridized carbons (Fsp3) is 0. The second-order valence-electron chi connectivity index (χ2n) is 1.82. The molecule has 0 spiro atoms. The molecular weight excluding hydrogens is 160 g/mol. The molecule has 1 heterocycles. The number of thiol groups is 1. The average Bonchev–Trinajstić information content (AvgIpc) is 2.30. The van der Waals surface area contributed by atoms with Gasteiger partial charge < -0.3 is 0 Å². The first kappa shape index (κ1) is 7.63. The van der Waals surface area contributed by atoms with Crippen molar-refractivity contribution in [3.8, 4) is 0 Å². The van der Waals surface area contributed by atoms with Crippen LogP contribution in [-0.4, -0.2) is 0 Å². The maximum absolute atomic E-state index is 4.25. The summed E-state index contributed by atoms with van der Waals surface area (Å²) >= 11 is 5.85. The zero-order chi connectivity index (χ0) is 7.56. The van der Waals surface area contributed by atoms with Crippen LogP contribution < -0.4 is 0 Å². The number of thiophene rings is 1. The van der Waals surface area contributed by atoms with Crippen molar-refractivity contribution < 1.29 is 0 Å². The fourth-order valence-corrected chi connectivity index (χ4v) is 1.90. The van der Waals surface area contributed by atoms with Crippen molar-refractivity contribution in [2.75, 3.05) is 0 Å². The summed E-state index contributed by atoms with van der Waals surface area (Å²) in [4.78, 5) is 0. The number of hydrogen-bond donors (Lipinski definition) is 1. The molecular formula is C8H8S2. The van der Waals surface area contributed by atoms with Crippen LogP contribution in [0.15, 0.2) is 22.7 Å². The molecule has 0 fully saturated rings. The first-order chi connectivity index (χ1) is 4.79. The van der Waals surface area contributed by atoms with Gasteiger partial charge in [-0.25, -0.2) is 0 Å². The van der Waals surface area contributed by atoms with E-state index in [1.165, 1.54) is 0 Å². The van der Waals surface area contributed by atoms with E-state index in [0.29, 0.717) is 0 Å². The van der Waals surface area contributed by atoms with Gasteiger partial charge >= 0.3 is 0 Å². The van der Waals surface area contributed by atoms with E-state index in [2.05, 4.69) is 25.8 Å². The van der Waals surface area contributed by atoms with Gasteiger partial charge in [-0.2, -0.15) is 0 Å². The molecule has 0 atom stereocenters. The first-order valence-electron chi connectivity index (χ1n) is 2.85. The average molecular weight is 168 g/mol. The lowest BCUT2D eigenvalue weighted by molar-refractivity contribution is 1.64. The highest BCUT2D eigenvalue weighted by molar-refractivity contribution is 7.83. The van der Waals surface area contributed by atoms with Crippen molar-refractivity contribution in [3.63, 3.8) is 0 Å². The molecule has 1 aromatic heterocycles. The van der Waals surface area contributed by atoms with Gasteiger partial charge in [-0.3, -0.25) is 0 Å². The molecule has 0 aliphatic carbocycles. The summed E-state index contributed by atoms with van der Waals surface area (Å²) < 4.78 is 1.00. The molecule has 10 heavy (non-hydrogen) atoms. The van der Waals surface area contributed by atoms with Gasteiger partial charge in [0.1, 0.15) is 0 Å². The summed E-state index contributed by atoms with van der Waals surface area (Å²) in [6.07, 6.45) is 3.61. The Morgan fingerprint density at radius 2 is 2.10 bits per heavy atom. The maximum atomic E-state index is 4.25. The van der Waals surface area contributed by atoms with Crippen LogP contribution in [0.5, 0.6) is 0 Å². The summed E-state index contributed by atoms with van der Waals surface area (Å²) in [7, 11) is 0. The molecule has 0 saturated carbocycles. The Bertz CT molecular complexity index is 258. The molecule has 0 aromatic carbocycles. The lowest BCUT2D eigenvalue weighted by Gasteiger charge is -1.89. The van der Waals surface area contributed by atoms with Gasteiger partial charge in [-0.15, -0.1) is 24.0 Å². The van der Waals surface area contributed by atoms with Crippen molar-refractivity contribution in [1.82, 2.24) is 0 Å². The van der Waals surface area contributed by atoms with Crippen molar-refractivity contribution in [3.05, 3.63) is 29.7 Å². The smallest absolute Gasteiger partial charge is 0.0646 e. The van der Waals surface area contributed by atoms with Crippen molar-refractivity contribution >= 4 is 36.1 Å². The molecule has 0 N–H and O–H groups in total. The first-order valence-corrected chi connectivity index (χ1v) is 4.17. The summed E-state index contributed by atoms with van der Waals surface area (Å²) in [6.45, 7) is 7.36. The molecule has 0 aliphatic heterocycles. The molecule has 0 saturated heterocycles. The van der Waals surface area contributed by atoms with Gasteiger partial charge in [0.25, 0.3) is 0 Å². The van der Waals surface area contributed by atoms with Crippen molar-refractivity contribution in [2.45, 2.75) is 4.21 Å². The van der Waals surface area contributed by atoms with E-state index < -0.39 is 0 Å². The molecule has 0 bridgehead atoms. The van der Waals surface area contributed by atoms with Gasteiger partial charge in [0.05, 0.1) is 4.21 Å². The number of hydrogen-bond acceptors (Lipinski definition) is 2. The molecule has 1 rings (SSSR count). The van der Waals surface area contributed by atoms with Gasteiger partial charge in [-0.1, -0.05) is 25.3 Å². The second kappa shape index (κ2) is 3.08. The topological polar surface area (TPSA) is 0 Å².